The summed E-state index contributed by atoms with van der Waals surface area (Å²) in [4.78, 5) is 25.9. The summed E-state index contributed by atoms with van der Waals surface area (Å²) in [5, 5.41) is 3.08. The lowest BCUT2D eigenvalue weighted by Crippen LogP contribution is -2.27. The van der Waals surface area contributed by atoms with Crippen LogP contribution in [0.1, 0.15) is 43.0 Å². The molecule has 6 nitrogen and oxygen atoms in total. The van der Waals surface area contributed by atoms with Gasteiger partial charge in [-0.25, -0.2) is 14.4 Å². The van der Waals surface area contributed by atoms with Crippen LogP contribution in [-0.2, 0) is 0 Å². The molecular formula is C19H20FN5O. The molecule has 4 rings (SSSR count). The van der Waals surface area contributed by atoms with Crippen molar-refractivity contribution in [3.05, 3.63) is 51.8 Å². The van der Waals surface area contributed by atoms with Crippen molar-refractivity contribution in [1.29, 1.82) is 0 Å². The Morgan fingerprint density at radius 3 is 2.69 bits per heavy atom. The molecule has 134 valence electrons. The van der Waals surface area contributed by atoms with Crippen LogP contribution in [0.5, 0.6) is 0 Å². The average Bonchev–Trinajstić information content (AvgIpc) is 3.14. The van der Waals surface area contributed by atoms with Crippen molar-refractivity contribution in [3.8, 4) is 0 Å². The zero-order chi connectivity index (χ0) is 18.3. The summed E-state index contributed by atoms with van der Waals surface area (Å²) in [7, 11) is 0. The maximum Gasteiger partial charge on any atom is 0.273 e. The van der Waals surface area contributed by atoms with E-state index < -0.39 is 0 Å². The van der Waals surface area contributed by atoms with Gasteiger partial charge in [-0.15, -0.1) is 0 Å². The maximum absolute atomic E-state index is 13.4. The second-order valence-corrected chi connectivity index (χ2v) is 6.80. The van der Waals surface area contributed by atoms with Crippen molar-refractivity contribution >= 4 is 22.8 Å². The summed E-state index contributed by atoms with van der Waals surface area (Å²) in [6, 6.07) is 4.88. The highest BCUT2D eigenvalue weighted by molar-refractivity contribution is 5.71. The molecule has 1 aromatic carbocycles. The Morgan fingerprint density at radius 1 is 1.19 bits per heavy atom. The van der Waals surface area contributed by atoms with Crippen LogP contribution < -0.4 is 10.9 Å². The third kappa shape index (κ3) is 2.94. The minimum absolute atomic E-state index is 0.0910. The van der Waals surface area contributed by atoms with Crippen molar-refractivity contribution < 1.29 is 4.39 Å². The molecule has 3 aromatic rings. The van der Waals surface area contributed by atoms with Gasteiger partial charge in [0, 0.05) is 11.7 Å². The van der Waals surface area contributed by atoms with Crippen LogP contribution in [0.3, 0.4) is 0 Å². The fourth-order valence-electron chi connectivity index (χ4n) is 3.53. The van der Waals surface area contributed by atoms with E-state index in [2.05, 4.69) is 20.3 Å². The molecule has 1 N–H and O–H groups in total. The number of rotatable bonds is 3. The average molecular weight is 353 g/mol. The molecule has 2 aromatic heterocycles. The van der Waals surface area contributed by atoms with E-state index in [1.807, 2.05) is 0 Å². The normalized spacial score (nSPS) is 14.9. The first-order valence-corrected chi connectivity index (χ1v) is 8.82. The van der Waals surface area contributed by atoms with E-state index in [0.717, 1.165) is 25.7 Å². The Kier molecular flexibility index (Phi) is 4.14. The third-order valence-electron chi connectivity index (χ3n) is 4.90. The number of anilines is 2. The van der Waals surface area contributed by atoms with E-state index in [0.29, 0.717) is 34.1 Å². The van der Waals surface area contributed by atoms with Crippen molar-refractivity contribution in [2.24, 2.45) is 0 Å². The van der Waals surface area contributed by atoms with Gasteiger partial charge in [0.05, 0.1) is 6.20 Å². The number of halogens is 1. The number of hydrogen-bond donors (Lipinski definition) is 1. The topological polar surface area (TPSA) is 72.7 Å². The predicted molar refractivity (Wildman–Crippen MR) is 98.3 cm³/mol. The SMILES string of the molecule is Cc1cc(Nc2ncc3nc(C)c(=O)n(C4CCCC4)c3n2)ccc1F. The largest absolute Gasteiger partial charge is 0.324 e. The highest BCUT2D eigenvalue weighted by Crippen LogP contribution is 2.30. The number of nitrogens with one attached hydrogen (secondary N) is 1. The summed E-state index contributed by atoms with van der Waals surface area (Å²) in [5.74, 6) is 0.102. The molecule has 2 heterocycles. The zero-order valence-electron chi connectivity index (χ0n) is 14.8. The number of hydrogen-bond acceptors (Lipinski definition) is 5. The Labute approximate surface area is 150 Å². The molecule has 0 radical (unpaired) electrons. The standard InChI is InChI=1S/C19H20FN5O/c1-11-9-13(7-8-15(11)20)23-19-21-10-16-17(24-19)25(14-5-3-4-6-14)18(26)12(2)22-16/h7-10,14H,3-6H2,1-2H3,(H,21,23,24). The molecule has 0 spiro atoms. The van der Waals surface area contributed by atoms with E-state index in [-0.39, 0.29) is 17.4 Å². The monoisotopic (exact) mass is 353 g/mol. The summed E-state index contributed by atoms with van der Waals surface area (Å²) < 4.78 is 15.2. The van der Waals surface area contributed by atoms with Crippen molar-refractivity contribution in [2.75, 3.05) is 5.32 Å². The predicted octanol–water partition coefficient (Wildman–Crippen LogP) is 3.80. The summed E-state index contributed by atoms with van der Waals surface area (Å²) in [6.07, 6.45) is 5.81. The van der Waals surface area contributed by atoms with E-state index in [9.17, 15) is 9.18 Å². The van der Waals surface area contributed by atoms with Crippen LogP contribution in [0.15, 0.2) is 29.2 Å². The maximum atomic E-state index is 13.4. The number of benzene rings is 1. The molecule has 1 aliphatic carbocycles. The molecule has 7 heteroatoms. The van der Waals surface area contributed by atoms with E-state index in [1.54, 1.807) is 36.7 Å². The summed E-state index contributed by atoms with van der Waals surface area (Å²) >= 11 is 0. The molecule has 1 saturated carbocycles. The Bertz CT molecular complexity index is 1040. The van der Waals surface area contributed by atoms with Gasteiger partial charge in [0.15, 0.2) is 5.65 Å². The second kappa shape index (κ2) is 6.48. The van der Waals surface area contributed by atoms with Gasteiger partial charge in [-0.2, -0.15) is 4.98 Å². The molecule has 0 unspecified atom stereocenters. The summed E-state index contributed by atoms with van der Waals surface area (Å²) in [6.45, 7) is 3.42. The lowest BCUT2D eigenvalue weighted by Gasteiger charge is -2.17. The Morgan fingerprint density at radius 2 is 1.96 bits per heavy atom. The number of aromatic nitrogens is 4. The van der Waals surface area contributed by atoms with Crippen LogP contribution in [0.2, 0.25) is 0 Å². The van der Waals surface area contributed by atoms with Gasteiger partial charge in [-0.1, -0.05) is 12.8 Å². The lowest BCUT2D eigenvalue weighted by atomic mass is 10.2. The minimum atomic E-state index is -0.260. The van der Waals surface area contributed by atoms with Gasteiger partial charge in [-0.05, 0) is 50.5 Å². The van der Waals surface area contributed by atoms with Crippen LogP contribution in [0.4, 0.5) is 16.0 Å². The lowest BCUT2D eigenvalue weighted by molar-refractivity contribution is 0.511. The van der Waals surface area contributed by atoms with E-state index in [1.165, 1.54) is 6.07 Å². The molecular weight excluding hydrogens is 333 g/mol. The molecule has 26 heavy (non-hydrogen) atoms. The van der Waals surface area contributed by atoms with Gasteiger partial charge in [0.2, 0.25) is 5.95 Å². The molecule has 0 saturated heterocycles. The fraction of sp³-hybridized carbons (Fsp3) is 0.368. The smallest absolute Gasteiger partial charge is 0.273 e. The van der Waals surface area contributed by atoms with Gasteiger partial charge in [-0.3, -0.25) is 9.36 Å². The Balaban J connectivity index is 1.80. The molecule has 0 amide bonds. The molecule has 0 atom stereocenters. The van der Waals surface area contributed by atoms with Crippen molar-refractivity contribution in [2.45, 2.75) is 45.6 Å². The highest BCUT2D eigenvalue weighted by atomic mass is 19.1. The minimum Gasteiger partial charge on any atom is -0.324 e. The van der Waals surface area contributed by atoms with Crippen molar-refractivity contribution in [3.63, 3.8) is 0 Å². The van der Waals surface area contributed by atoms with Gasteiger partial charge >= 0.3 is 0 Å². The Hall–Kier alpha value is -2.83. The van der Waals surface area contributed by atoms with Crippen LogP contribution in [0.25, 0.3) is 11.2 Å². The van der Waals surface area contributed by atoms with Crippen LogP contribution >= 0.6 is 0 Å². The quantitative estimate of drug-likeness (QED) is 0.775. The number of nitrogens with zero attached hydrogens (tertiary/aromatic N) is 4. The van der Waals surface area contributed by atoms with Gasteiger partial charge in [0.1, 0.15) is 17.0 Å². The van der Waals surface area contributed by atoms with E-state index in [4.69, 9.17) is 0 Å². The molecule has 0 bridgehead atoms. The van der Waals surface area contributed by atoms with E-state index >= 15 is 0 Å². The molecule has 1 fully saturated rings. The van der Waals surface area contributed by atoms with Crippen LogP contribution in [0, 0.1) is 19.7 Å². The zero-order valence-corrected chi connectivity index (χ0v) is 14.8. The van der Waals surface area contributed by atoms with Crippen molar-refractivity contribution in [1.82, 2.24) is 19.5 Å². The van der Waals surface area contributed by atoms with Gasteiger partial charge < -0.3 is 5.32 Å². The fourth-order valence-corrected chi connectivity index (χ4v) is 3.53. The summed E-state index contributed by atoms with van der Waals surface area (Å²) in [5.41, 5.74) is 2.75. The van der Waals surface area contributed by atoms with Gasteiger partial charge in [0.25, 0.3) is 5.56 Å². The number of aryl methyl sites for hydroxylation is 2. The first-order valence-electron chi connectivity index (χ1n) is 8.82. The van der Waals surface area contributed by atoms with Crippen LogP contribution in [-0.4, -0.2) is 19.5 Å². The first-order chi connectivity index (χ1) is 12.5. The number of fused-ring (bicyclic) bond motifs is 1. The highest BCUT2D eigenvalue weighted by Gasteiger charge is 2.22. The molecule has 1 aliphatic rings. The second-order valence-electron chi connectivity index (χ2n) is 6.80. The third-order valence-corrected chi connectivity index (χ3v) is 4.90. The molecule has 0 aliphatic heterocycles. The first kappa shape index (κ1) is 16.6.